The van der Waals surface area contributed by atoms with Crippen LogP contribution in [0, 0.1) is 0 Å². The first-order valence-corrected chi connectivity index (χ1v) is 6.03. The molecular formula is C12H14N2O2S. The van der Waals surface area contributed by atoms with E-state index >= 15 is 0 Å². The molecule has 2 amide bonds. The summed E-state index contributed by atoms with van der Waals surface area (Å²) in [6.45, 7) is 0.752. The Balaban J connectivity index is 2.35. The van der Waals surface area contributed by atoms with Crippen LogP contribution >= 0.6 is 12.6 Å². The first-order chi connectivity index (χ1) is 8.17. The van der Waals surface area contributed by atoms with E-state index in [4.69, 9.17) is 0 Å². The van der Waals surface area contributed by atoms with Crippen molar-refractivity contribution in [3.05, 3.63) is 29.3 Å². The summed E-state index contributed by atoms with van der Waals surface area (Å²) in [5, 5.41) is 3.05. The van der Waals surface area contributed by atoms with Crippen molar-refractivity contribution in [2.45, 2.75) is 13.0 Å². The van der Waals surface area contributed by atoms with Crippen LogP contribution in [0.5, 0.6) is 0 Å². The fourth-order valence-electron chi connectivity index (χ4n) is 2.03. The monoisotopic (exact) mass is 250 g/mol. The molecule has 1 aliphatic heterocycles. The van der Waals surface area contributed by atoms with Crippen molar-refractivity contribution < 1.29 is 9.59 Å². The van der Waals surface area contributed by atoms with Crippen LogP contribution in [0.25, 0.3) is 0 Å². The van der Waals surface area contributed by atoms with Gasteiger partial charge in [-0.1, -0.05) is 12.1 Å². The Morgan fingerprint density at radius 2 is 2.29 bits per heavy atom. The van der Waals surface area contributed by atoms with Gasteiger partial charge in [0.15, 0.2) is 0 Å². The molecule has 0 aliphatic carbocycles. The molecule has 0 aromatic heterocycles. The molecule has 1 N–H and O–H groups in total. The molecule has 2 rings (SSSR count). The van der Waals surface area contributed by atoms with Gasteiger partial charge in [0.2, 0.25) is 11.8 Å². The number of carbonyl (C=O) groups is 2. The van der Waals surface area contributed by atoms with Gasteiger partial charge in [0.05, 0.1) is 17.9 Å². The van der Waals surface area contributed by atoms with Crippen molar-refractivity contribution in [2.24, 2.45) is 0 Å². The van der Waals surface area contributed by atoms with E-state index in [2.05, 4.69) is 17.9 Å². The van der Waals surface area contributed by atoms with Crippen molar-refractivity contribution in [3.8, 4) is 0 Å². The molecule has 0 atom stereocenters. The third kappa shape index (κ3) is 2.21. The number of amides is 2. The van der Waals surface area contributed by atoms with E-state index in [1.165, 1.54) is 4.90 Å². The van der Waals surface area contributed by atoms with Crippen LogP contribution in [0.4, 0.5) is 5.69 Å². The molecule has 1 aromatic carbocycles. The van der Waals surface area contributed by atoms with Crippen LogP contribution < -0.4 is 10.2 Å². The molecule has 1 aromatic rings. The second kappa shape index (κ2) is 4.89. The summed E-state index contributed by atoms with van der Waals surface area (Å²) in [6.07, 6.45) is 0.298. The minimum Gasteiger partial charge on any atom is -0.316 e. The zero-order valence-electron chi connectivity index (χ0n) is 9.56. The standard InChI is InChI=1S/C12H14N2O2S/c1-13-6-8-2-3-10-9(4-8)5-11(15)14(10)12(16)7-17/h2-4,13,17H,5-7H2,1H3. The molecule has 5 heteroatoms. The second-order valence-corrected chi connectivity index (χ2v) is 4.27. The fraction of sp³-hybridized carbons (Fsp3) is 0.333. The Bertz CT molecular complexity index is 474. The van der Waals surface area contributed by atoms with E-state index in [-0.39, 0.29) is 17.6 Å². The second-order valence-electron chi connectivity index (χ2n) is 3.95. The van der Waals surface area contributed by atoms with Gasteiger partial charge in [-0.25, -0.2) is 4.90 Å². The quantitative estimate of drug-likeness (QED) is 0.778. The van der Waals surface area contributed by atoms with Gasteiger partial charge in [-0.15, -0.1) is 0 Å². The Morgan fingerprint density at radius 3 is 2.94 bits per heavy atom. The van der Waals surface area contributed by atoms with E-state index in [1.54, 1.807) is 0 Å². The maximum atomic E-state index is 11.8. The molecule has 0 bridgehead atoms. The van der Waals surface area contributed by atoms with Crippen LogP contribution in [-0.2, 0) is 22.6 Å². The molecule has 17 heavy (non-hydrogen) atoms. The van der Waals surface area contributed by atoms with Crippen LogP contribution in [0.2, 0.25) is 0 Å². The average molecular weight is 250 g/mol. The van der Waals surface area contributed by atoms with Crippen molar-refractivity contribution in [1.82, 2.24) is 5.32 Å². The summed E-state index contributed by atoms with van der Waals surface area (Å²) in [5.41, 5.74) is 2.73. The lowest BCUT2D eigenvalue weighted by Crippen LogP contribution is -2.34. The zero-order chi connectivity index (χ0) is 12.4. The minimum atomic E-state index is -0.265. The van der Waals surface area contributed by atoms with Gasteiger partial charge in [-0.3, -0.25) is 9.59 Å². The summed E-state index contributed by atoms with van der Waals surface area (Å²) in [7, 11) is 1.87. The van der Waals surface area contributed by atoms with E-state index in [0.29, 0.717) is 12.1 Å². The summed E-state index contributed by atoms with van der Waals surface area (Å²) in [6, 6.07) is 5.72. The Morgan fingerprint density at radius 1 is 1.53 bits per heavy atom. The number of imide groups is 1. The summed E-state index contributed by atoms with van der Waals surface area (Å²) in [4.78, 5) is 24.6. The molecule has 0 unspecified atom stereocenters. The number of nitrogens with one attached hydrogen (secondary N) is 1. The maximum absolute atomic E-state index is 11.8. The molecule has 0 saturated carbocycles. The number of hydrogen-bond acceptors (Lipinski definition) is 4. The number of nitrogens with zero attached hydrogens (tertiary/aromatic N) is 1. The van der Waals surface area contributed by atoms with E-state index in [1.807, 2.05) is 25.2 Å². The van der Waals surface area contributed by atoms with Gasteiger partial charge >= 0.3 is 0 Å². The van der Waals surface area contributed by atoms with Crippen molar-refractivity contribution >= 4 is 30.1 Å². The van der Waals surface area contributed by atoms with Gasteiger partial charge < -0.3 is 5.32 Å². The number of fused-ring (bicyclic) bond motifs is 1. The summed E-state index contributed by atoms with van der Waals surface area (Å²) < 4.78 is 0. The predicted octanol–water partition coefficient (Wildman–Crippen LogP) is 0.752. The van der Waals surface area contributed by atoms with E-state index in [9.17, 15) is 9.59 Å². The lowest BCUT2D eigenvalue weighted by atomic mass is 10.1. The van der Waals surface area contributed by atoms with Gasteiger partial charge in [0.1, 0.15) is 0 Å². The number of anilines is 1. The molecule has 0 saturated heterocycles. The first-order valence-electron chi connectivity index (χ1n) is 5.40. The maximum Gasteiger partial charge on any atom is 0.243 e. The highest BCUT2D eigenvalue weighted by Crippen LogP contribution is 2.29. The normalized spacial score (nSPS) is 14.0. The summed E-state index contributed by atoms with van der Waals surface area (Å²) in [5.74, 6) is -0.386. The Hall–Kier alpha value is -1.33. The number of benzene rings is 1. The lowest BCUT2D eigenvalue weighted by molar-refractivity contribution is -0.124. The smallest absolute Gasteiger partial charge is 0.243 e. The van der Waals surface area contributed by atoms with Gasteiger partial charge in [-0.05, 0) is 24.2 Å². The zero-order valence-corrected chi connectivity index (χ0v) is 10.5. The number of rotatable bonds is 3. The van der Waals surface area contributed by atoms with E-state index < -0.39 is 0 Å². The van der Waals surface area contributed by atoms with Crippen molar-refractivity contribution in [2.75, 3.05) is 17.7 Å². The van der Waals surface area contributed by atoms with Crippen LogP contribution in [0.3, 0.4) is 0 Å². The molecule has 0 fully saturated rings. The van der Waals surface area contributed by atoms with Crippen LogP contribution in [0.15, 0.2) is 18.2 Å². The highest BCUT2D eigenvalue weighted by Gasteiger charge is 2.31. The number of carbonyl (C=O) groups excluding carboxylic acids is 2. The van der Waals surface area contributed by atoms with Crippen molar-refractivity contribution in [1.29, 1.82) is 0 Å². The fourth-order valence-corrected chi connectivity index (χ4v) is 2.17. The highest BCUT2D eigenvalue weighted by atomic mass is 32.1. The molecule has 0 spiro atoms. The SMILES string of the molecule is CNCc1ccc2c(c1)CC(=O)N2C(=O)CS. The molecular weight excluding hydrogens is 236 g/mol. The molecule has 4 nitrogen and oxygen atoms in total. The van der Waals surface area contributed by atoms with Crippen LogP contribution in [0.1, 0.15) is 11.1 Å². The van der Waals surface area contributed by atoms with Gasteiger partial charge in [0.25, 0.3) is 0 Å². The molecule has 1 heterocycles. The lowest BCUT2D eigenvalue weighted by Gasteiger charge is -2.14. The summed E-state index contributed by atoms with van der Waals surface area (Å²) >= 11 is 3.92. The molecule has 0 radical (unpaired) electrons. The molecule has 1 aliphatic rings. The molecule has 90 valence electrons. The Kier molecular flexibility index (Phi) is 3.49. The highest BCUT2D eigenvalue weighted by molar-refractivity contribution is 7.81. The van der Waals surface area contributed by atoms with Crippen LogP contribution in [-0.4, -0.2) is 24.6 Å². The van der Waals surface area contributed by atoms with Gasteiger partial charge in [0, 0.05) is 6.54 Å². The average Bonchev–Trinajstić information content (AvgIpc) is 2.64. The number of hydrogen-bond donors (Lipinski definition) is 2. The third-order valence-electron chi connectivity index (χ3n) is 2.74. The van der Waals surface area contributed by atoms with Crippen molar-refractivity contribution in [3.63, 3.8) is 0 Å². The predicted molar refractivity (Wildman–Crippen MR) is 69.3 cm³/mol. The topological polar surface area (TPSA) is 49.4 Å². The third-order valence-corrected chi connectivity index (χ3v) is 3.01. The van der Waals surface area contributed by atoms with Gasteiger partial charge in [-0.2, -0.15) is 12.6 Å². The largest absolute Gasteiger partial charge is 0.316 e. The first kappa shape index (κ1) is 12.1. The number of thiol groups is 1. The van der Waals surface area contributed by atoms with E-state index in [0.717, 1.165) is 17.7 Å². The minimum absolute atomic E-state index is 0.0451. The Labute approximate surface area is 105 Å².